The van der Waals surface area contributed by atoms with E-state index in [0.717, 1.165) is 118 Å². The molecule has 2 atom stereocenters. The molecule has 0 saturated carbocycles. The minimum atomic E-state index is -0.282. The summed E-state index contributed by atoms with van der Waals surface area (Å²) < 4.78 is 29.5. The maximum Gasteiger partial charge on any atom is 0.267 e. The summed E-state index contributed by atoms with van der Waals surface area (Å²) >= 11 is 19.7. The molecule has 7 aromatic rings. The van der Waals surface area contributed by atoms with E-state index in [1.165, 1.54) is 42.8 Å². The highest BCUT2D eigenvalue weighted by Gasteiger charge is 2.32. The molecule has 4 aliphatic rings. The van der Waals surface area contributed by atoms with Crippen LogP contribution in [0.15, 0.2) is 114 Å². The first kappa shape index (κ1) is 65.1. The van der Waals surface area contributed by atoms with E-state index < -0.39 is 0 Å². The fourth-order valence-corrected chi connectivity index (χ4v) is 11.8. The number of nitrogen functional groups attached to an aromatic ring is 1. The second kappa shape index (κ2) is 31.2. The molecule has 3 fully saturated rings. The summed E-state index contributed by atoms with van der Waals surface area (Å²) in [5.74, 6) is 3.34. The third kappa shape index (κ3) is 17.5. The molecule has 25 heteroatoms. The smallest absolute Gasteiger partial charge is 0.267 e. The lowest BCUT2D eigenvalue weighted by Gasteiger charge is -2.38. The fraction of sp³-hybridized carbons (Fsp3) is 0.365. The van der Waals surface area contributed by atoms with Crippen molar-refractivity contribution in [1.82, 2.24) is 39.9 Å². The highest BCUT2D eigenvalue weighted by atomic mass is 35.5. The van der Waals surface area contributed by atoms with Crippen LogP contribution < -0.4 is 41.4 Å². The van der Waals surface area contributed by atoms with Crippen LogP contribution in [0.25, 0.3) is 0 Å². The Morgan fingerprint density at radius 1 is 0.818 bits per heavy atom. The first-order chi connectivity index (χ1) is 42.5. The number of aryl methyl sites for hydroxylation is 2. The van der Waals surface area contributed by atoms with Gasteiger partial charge in [0, 0.05) is 114 Å². The number of aliphatic hydroxyl groups excluding tert-OH is 1. The lowest BCUT2D eigenvalue weighted by atomic mass is 10.0. The maximum absolute atomic E-state index is 12.9. The summed E-state index contributed by atoms with van der Waals surface area (Å²) in [5, 5.41) is 23.8. The molecule has 6 heterocycles. The van der Waals surface area contributed by atoms with Crippen molar-refractivity contribution in [3.8, 4) is 11.5 Å². The Morgan fingerprint density at radius 3 is 2.32 bits per heavy atom. The number of benzene rings is 5. The summed E-state index contributed by atoms with van der Waals surface area (Å²) in [7, 11) is 5.29. The third-order valence-corrected chi connectivity index (χ3v) is 17.1. The van der Waals surface area contributed by atoms with Crippen LogP contribution in [0, 0.1) is 19.7 Å². The number of carbonyl (C=O) groups is 2. The molecule has 2 aromatic heterocycles. The number of nitrogens with one attached hydrogen (secondary N) is 4. The number of nitrogens with two attached hydrogens (primary N) is 1. The van der Waals surface area contributed by atoms with Crippen molar-refractivity contribution >= 4 is 109 Å². The van der Waals surface area contributed by atoms with Crippen LogP contribution in [0.2, 0.25) is 15.1 Å². The highest BCUT2D eigenvalue weighted by Crippen LogP contribution is 2.37. The lowest BCUT2D eigenvalue weighted by molar-refractivity contribution is 0.00527. The third-order valence-electron chi connectivity index (χ3n) is 15.3. The number of hydrogen-bond acceptors (Lipinski definition) is 19. The number of fused-ring (bicyclic) bond motifs is 2. The summed E-state index contributed by atoms with van der Waals surface area (Å²) in [6.45, 7) is 15.0. The quantitative estimate of drug-likeness (QED) is 0.0391. The van der Waals surface area contributed by atoms with E-state index in [2.05, 4.69) is 86.0 Å². The van der Waals surface area contributed by atoms with Crippen LogP contribution >= 0.6 is 46.1 Å². The molecule has 2 unspecified atom stereocenters. The SMILES string of the molecule is CN1CCN(C2=Nc3cc(Cl)ccc3Nc3ccccc32)CC1.COc1cc(N)c(Cl)cc1C(=O)NC1CCN(CCCOc2ccc(F)cc2)CC1OC.Cc1nc(Nc2ncc(C(=O)Nc3c(C)cccc3Cl)s2)cc(N2CCN(CCO)CC2)n1. The number of methoxy groups -OCH3 is 2. The van der Waals surface area contributed by atoms with Crippen LogP contribution in [0.4, 0.5) is 49.6 Å². The Labute approximate surface area is 531 Å². The number of aromatic nitrogens is 3. The number of halogens is 4. The average Bonchev–Trinajstić information content (AvgIpc) is 4.19. The number of amidine groups is 1. The minimum absolute atomic E-state index is 0.139. The first-order valence-corrected chi connectivity index (χ1v) is 31.0. The number of thiazole rings is 1. The number of aliphatic hydroxyl groups is 1. The molecule has 0 bridgehead atoms. The van der Waals surface area contributed by atoms with Gasteiger partial charge in [-0.15, -0.1) is 0 Å². The number of rotatable bonds is 16. The number of carbonyl (C=O) groups excluding carboxylic acids is 2. The van der Waals surface area contributed by atoms with Gasteiger partial charge in [-0.05, 0) is 106 Å². The van der Waals surface area contributed by atoms with Crippen LogP contribution in [-0.4, -0.2) is 182 Å². The van der Waals surface area contributed by atoms with Crippen molar-refractivity contribution in [2.24, 2.45) is 4.99 Å². The molecule has 88 heavy (non-hydrogen) atoms. The van der Waals surface area contributed by atoms with Gasteiger partial charge in [-0.25, -0.2) is 24.3 Å². The standard InChI is InChI=1S/C23H29ClFN3O4.C22H26ClN7O2S.C18H19ClN4/c1-30-21-13-19(26)18(24)12-17(21)23(29)27-20-8-10-28(14-22(20)31-2)9-3-11-32-16-6-4-15(25)5-7-16;1-14-4-3-5-16(23)20(14)28-21(32)17-13-24-22(33-17)27-18-12-19(26-15(2)25-18)30-8-6-29(7-9-30)10-11-31;1-22-8-10-23(11-9-22)18-14-4-2-3-5-15(14)20-16-7-6-13(19)12-17(16)21-18/h4-7,12-13,20,22H,3,8-11,14,26H2,1-2H3,(H,27,29);3-5,12-13,31H,6-11H2,1-2H3,(H,28,32)(H,24,25,26,27);2-7,12,20H,8-11H2,1H3. The molecule has 466 valence electrons. The van der Waals surface area contributed by atoms with Gasteiger partial charge < -0.3 is 65.9 Å². The van der Waals surface area contributed by atoms with E-state index >= 15 is 0 Å². The number of nitrogens with zero attached hydrogens (tertiary/aromatic N) is 9. The number of ether oxygens (including phenoxy) is 3. The molecule has 11 rings (SSSR count). The molecule has 7 N–H and O–H groups in total. The van der Waals surface area contributed by atoms with Crippen molar-refractivity contribution in [1.29, 1.82) is 0 Å². The van der Waals surface area contributed by atoms with E-state index in [0.29, 0.717) is 84.9 Å². The molecule has 0 spiro atoms. The van der Waals surface area contributed by atoms with E-state index in [1.54, 1.807) is 31.4 Å². The molecule has 5 aromatic carbocycles. The largest absolute Gasteiger partial charge is 0.496 e. The van der Waals surface area contributed by atoms with E-state index in [9.17, 15) is 14.0 Å². The van der Waals surface area contributed by atoms with Crippen molar-refractivity contribution in [3.63, 3.8) is 0 Å². The Kier molecular flexibility index (Phi) is 23.1. The highest BCUT2D eigenvalue weighted by molar-refractivity contribution is 7.17. The van der Waals surface area contributed by atoms with Crippen molar-refractivity contribution < 1.29 is 33.3 Å². The molecular formula is C63H74Cl3FN14O6S. The van der Waals surface area contributed by atoms with Crippen molar-refractivity contribution in [2.45, 2.75) is 38.8 Å². The van der Waals surface area contributed by atoms with Gasteiger partial charge in [0.05, 0.1) is 77.0 Å². The number of para-hydroxylation sites is 2. The van der Waals surface area contributed by atoms with Gasteiger partial charge in [-0.2, -0.15) is 0 Å². The topological polar surface area (TPSA) is 223 Å². The molecule has 20 nitrogen and oxygen atoms in total. The van der Waals surface area contributed by atoms with E-state index in [1.807, 2.05) is 56.3 Å². The van der Waals surface area contributed by atoms with Crippen LogP contribution in [-0.2, 0) is 4.74 Å². The number of piperidine rings is 1. The molecule has 4 aliphatic heterocycles. The number of hydrogen-bond donors (Lipinski definition) is 6. The average molecular weight is 1280 g/mol. The van der Waals surface area contributed by atoms with Gasteiger partial charge in [-0.1, -0.05) is 70.4 Å². The molecule has 3 saturated heterocycles. The Balaban J connectivity index is 0.000000160. The fourth-order valence-electron chi connectivity index (χ4n) is 10.5. The van der Waals surface area contributed by atoms with Crippen molar-refractivity contribution in [2.75, 3.05) is 140 Å². The zero-order valence-corrected chi connectivity index (χ0v) is 53.0. The molecular weight excluding hydrogens is 1210 g/mol. The zero-order chi connectivity index (χ0) is 62.3. The number of amides is 2. The molecule has 0 radical (unpaired) electrons. The summed E-state index contributed by atoms with van der Waals surface area (Å²) in [6, 6.07) is 30.4. The van der Waals surface area contributed by atoms with E-state index in [-0.39, 0.29) is 36.4 Å². The summed E-state index contributed by atoms with van der Waals surface area (Å²) in [6.07, 6.45) is 2.95. The molecule has 0 aliphatic carbocycles. The second-order valence-electron chi connectivity index (χ2n) is 21.5. The van der Waals surface area contributed by atoms with Crippen LogP contribution in [0.1, 0.15) is 49.8 Å². The first-order valence-electron chi connectivity index (χ1n) is 29.0. The van der Waals surface area contributed by atoms with Gasteiger partial charge in [0.15, 0.2) is 5.13 Å². The number of piperazine rings is 2. The Hall–Kier alpha value is -7.38. The van der Waals surface area contributed by atoms with Crippen molar-refractivity contribution in [3.05, 3.63) is 158 Å². The van der Waals surface area contributed by atoms with Gasteiger partial charge >= 0.3 is 0 Å². The zero-order valence-electron chi connectivity index (χ0n) is 49.9. The van der Waals surface area contributed by atoms with Crippen LogP contribution in [0.5, 0.6) is 11.5 Å². The van der Waals surface area contributed by atoms with Gasteiger partial charge in [0.25, 0.3) is 11.8 Å². The normalized spacial score (nSPS) is 16.9. The van der Waals surface area contributed by atoms with Gasteiger partial charge in [-0.3, -0.25) is 14.5 Å². The van der Waals surface area contributed by atoms with Crippen LogP contribution in [0.3, 0.4) is 0 Å². The number of likely N-dealkylation sites (tertiary alicyclic amines) is 1. The predicted molar refractivity (Wildman–Crippen MR) is 351 cm³/mol. The Morgan fingerprint density at radius 2 is 1.58 bits per heavy atom. The number of aliphatic imine (C=N–C) groups is 1. The number of β-amino-alcohol motifs (C(OH)–C–C–N with tert-alkyl or cyclic N) is 1. The monoisotopic (exact) mass is 1280 g/mol. The Bertz CT molecular complexity index is 3510. The number of anilines is 7. The maximum atomic E-state index is 12.9. The second-order valence-corrected chi connectivity index (χ2v) is 23.8. The lowest BCUT2D eigenvalue weighted by Crippen LogP contribution is -2.55. The minimum Gasteiger partial charge on any atom is -0.496 e. The molecule has 2 amide bonds. The van der Waals surface area contributed by atoms with Gasteiger partial charge in [0.1, 0.15) is 45.5 Å². The summed E-state index contributed by atoms with van der Waals surface area (Å²) in [5.41, 5.74) is 12.1. The number of likely N-dealkylation sites (N-methyl/N-ethyl adjacent to an activating group) is 1. The predicted octanol–water partition coefficient (Wildman–Crippen LogP) is 10.4. The van der Waals surface area contributed by atoms with E-state index in [4.69, 9.17) is 64.8 Å². The summed E-state index contributed by atoms with van der Waals surface area (Å²) in [4.78, 5) is 55.8. The van der Waals surface area contributed by atoms with Gasteiger partial charge in [0.2, 0.25) is 0 Å².